The first-order valence-corrected chi connectivity index (χ1v) is 8.95. The molecule has 0 radical (unpaired) electrons. The number of rotatable bonds is 8. The van der Waals surface area contributed by atoms with Crippen molar-refractivity contribution in [1.82, 2.24) is 5.43 Å². The summed E-state index contributed by atoms with van der Waals surface area (Å²) in [5, 5.41) is 0. The van der Waals surface area contributed by atoms with Crippen molar-refractivity contribution in [2.75, 3.05) is 12.5 Å². The van der Waals surface area contributed by atoms with Crippen molar-refractivity contribution in [3.8, 4) is 11.5 Å². The van der Waals surface area contributed by atoms with Crippen LogP contribution in [0.25, 0.3) is 0 Å². The third-order valence-corrected chi connectivity index (χ3v) is 4.20. The van der Waals surface area contributed by atoms with E-state index in [1.54, 1.807) is 0 Å². The van der Waals surface area contributed by atoms with Gasteiger partial charge >= 0.3 is 6.18 Å². The molecule has 3 rings (SSSR count). The summed E-state index contributed by atoms with van der Waals surface area (Å²) < 4.78 is 49.5. The highest BCUT2D eigenvalue weighted by atomic mass is 19.4. The molecule has 4 nitrogen and oxygen atoms in total. The Bertz CT molecular complexity index is 931. The lowest BCUT2D eigenvalue weighted by atomic mass is 10.1. The second-order valence-electron chi connectivity index (χ2n) is 6.31. The lowest BCUT2D eigenvalue weighted by molar-refractivity contribution is -0.137. The number of methoxy groups -OCH3 is 1. The van der Waals surface area contributed by atoms with Crippen molar-refractivity contribution in [2.45, 2.75) is 19.3 Å². The van der Waals surface area contributed by atoms with Gasteiger partial charge in [0.25, 0.3) is 0 Å². The first-order chi connectivity index (χ1) is 14.0. The van der Waals surface area contributed by atoms with Crippen LogP contribution in [0, 0.1) is 0 Å². The fourth-order valence-corrected chi connectivity index (χ4v) is 2.75. The van der Waals surface area contributed by atoms with Gasteiger partial charge in [0.05, 0.1) is 12.7 Å². The molecule has 0 heterocycles. The van der Waals surface area contributed by atoms with Crippen LogP contribution in [-0.2, 0) is 19.3 Å². The Morgan fingerprint density at radius 3 is 2.41 bits per heavy atom. The molecule has 0 aliphatic carbocycles. The zero-order valence-electron chi connectivity index (χ0n) is 15.8. The van der Waals surface area contributed by atoms with Gasteiger partial charge in [-0.1, -0.05) is 30.3 Å². The van der Waals surface area contributed by atoms with Gasteiger partial charge in [0.15, 0.2) is 0 Å². The number of para-hydroxylation sites is 1. The van der Waals surface area contributed by atoms with Crippen molar-refractivity contribution < 1.29 is 22.6 Å². The molecule has 0 unspecified atom stereocenters. The molecule has 0 aliphatic heterocycles. The van der Waals surface area contributed by atoms with Gasteiger partial charge in [-0.15, -0.1) is 0 Å². The van der Waals surface area contributed by atoms with Crippen LogP contribution in [0.1, 0.15) is 16.7 Å². The van der Waals surface area contributed by atoms with Crippen LogP contribution < -0.4 is 20.3 Å². The number of hydrogen-bond acceptors (Lipinski definition) is 4. The van der Waals surface area contributed by atoms with Crippen LogP contribution in [0.5, 0.6) is 11.5 Å². The van der Waals surface area contributed by atoms with E-state index in [1.807, 2.05) is 48.5 Å². The fourth-order valence-electron chi connectivity index (χ4n) is 2.75. The van der Waals surface area contributed by atoms with Crippen molar-refractivity contribution in [3.63, 3.8) is 0 Å². The Hall–Kier alpha value is -3.19. The first kappa shape index (κ1) is 20.5. The van der Waals surface area contributed by atoms with E-state index in [-0.39, 0.29) is 12.4 Å². The van der Waals surface area contributed by atoms with Gasteiger partial charge in [-0.25, -0.2) is 5.43 Å². The number of ether oxygens (including phenoxy) is 2. The largest absolute Gasteiger partial charge is 0.496 e. The molecular weight excluding hydrogens is 381 g/mol. The maximum atomic E-state index is 12.9. The average Bonchev–Trinajstić information content (AvgIpc) is 2.73. The smallest absolute Gasteiger partial charge is 0.416 e. The van der Waals surface area contributed by atoms with E-state index in [0.717, 1.165) is 28.9 Å². The summed E-state index contributed by atoms with van der Waals surface area (Å²) in [6.07, 6.45) is -4.41. The summed E-state index contributed by atoms with van der Waals surface area (Å²) in [5.41, 5.74) is 8.13. The van der Waals surface area contributed by atoms with Gasteiger partial charge in [0.2, 0.25) is 0 Å². The second-order valence-corrected chi connectivity index (χ2v) is 6.31. The summed E-state index contributed by atoms with van der Waals surface area (Å²) in [6, 6.07) is 20.1. The van der Waals surface area contributed by atoms with Gasteiger partial charge < -0.3 is 14.9 Å². The van der Waals surface area contributed by atoms with E-state index in [0.29, 0.717) is 12.3 Å². The van der Waals surface area contributed by atoms with Crippen LogP contribution in [0.15, 0.2) is 72.8 Å². The molecule has 0 aliphatic rings. The van der Waals surface area contributed by atoms with Crippen molar-refractivity contribution >= 4 is 5.69 Å². The van der Waals surface area contributed by atoms with Crippen LogP contribution >= 0.6 is 0 Å². The van der Waals surface area contributed by atoms with Crippen molar-refractivity contribution in [3.05, 3.63) is 89.5 Å². The molecule has 0 saturated carbocycles. The zero-order valence-corrected chi connectivity index (χ0v) is 15.8. The summed E-state index contributed by atoms with van der Waals surface area (Å²) in [7, 11) is 1.54. The van der Waals surface area contributed by atoms with Gasteiger partial charge in [-0.2, -0.15) is 13.2 Å². The molecule has 0 atom stereocenters. The quantitative estimate of drug-likeness (QED) is 0.495. The van der Waals surface area contributed by atoms with Gasteiger partial charge in [-0.3, -0.25) is 0 Å². The lowest BCUT2D eigenvalue weighted by Crippen LogP contribution is -2.20. The highest BCUT2D eigenvalue weighted by Crippen LogP contribution is 2.31. The molecule has 0 aromatic heterocycles. The predicted octanol–water partition coefficient (Wildman–Crippen LogP) is 5.41. The Labute approximate surface area is 167 Å². The average molecular weight is 402 g/mol. The topological polar surface area (TPSA) is 42.5 Å². The van der Waals surface area contributed by atoms with E-state index >= 15 is 0 Å². The Morgan fingerprint density at radius 1 is 0.897 bits per heavy atom. The third-order valence-electron chi connectivity index (χ3n) is 4.20. The number of nitrogens with one attached hydrogen (secondary N) is 2. The molecule has 152 valence electrons. The molecule has 7 heteroatoms. The van der Waals surface area contributed by atoms with Gasteiger partial charge in [0, 0.05) is 17.8 Å². The molecule has 3 aromatic rings. The lowest BCUT2D eigenvalue weighted by Gasteiger charge is -2.14. The molecule has 2 N–H and O–H groups in total. The molecule has 0 fully saturated rings. The van der Waals surface area contributed by atoms with E-state index in [9.17, 15) is 13.2 Å². The highest BCUT2D eigenvalue weighted by Gasteiger charge is 2.30. The standard InChI is InChI=1S/C22H21F3N2O2/c1-28-21-11-10-16(14-26-27-19-7-3-2-4-8-19)12-17(21)15-29-20-9-5-6-18(13-20)22(23,24)25/h2-13,26-27H,14-15H2,1H3. The van der Waals surface area contributed by atoms with Crippen LogP contribution in [0.2, 0.25) is 0 Å². The number of hydrazine groups is 1. The minimum Gasteiger partial charge on any atom is -0.496 e. The third kappa shape index (κ3) is 5.89. The number of halogens is 3. The molecule has 0 bridgehead atoms. The normalized spacial score (nSPS) is 11.2. The molecule has 0 saturated heterocycles. The second kappa shape index (κ2) is 9.34. The van der Waals surface area contributed by atoms with Crippen LogP contribution in [0.3, 0.4) is 0 Å². The van der Waals surface area contributed by atoms with Crippen molar-refractivity contribution in [2.24, 2.45) is 0 Å². The fraction of sp³-hybridized carbons (Fsp3) is 0.182. The molecular formula is C22H21F3N2O2. The SMILES string of the molecule is COc1ccc(CNNc2ccccc2)cc1COc1cccc(C(F)(F)F)c1. The van der Waals surface area contributed by atoms with Gasteiger partial charge in [0.1, 0.15) is 18.1 Å². The number of hydrogen-bond donors (Lipinski definition) is 2. The summed E-state index contributed by atoms with van der Waals surface area (Å²) in [4.78, 5) is 0. The molecule has 3 aromatic carbocycles. The minimum absolute atomic E-state index is 0.0877. The predicted molar refractivity (Wildman–Crippen MR) is 106 cm³/mol. The molecule has 0 amide bonds. The number of anilines is 1. The first-order valence-electron chi connectivity index (χ1n) is 8.95. The van der Waals surface area contributed by atoms with Crippen LogP contribution in [0.4, 0.5) is 18.9 Å². The monoisotopic (exact) mass is 402 g/mol. The minimum atomic E-state index is -4.41. The summed E-state index contributed by atoms with van der Waals surface area (Å²) >= 11 is 0. The summed E-state index contributed by atoms with van der Waals surface area (Å²) in [5.74, 6) is 0.757. The van der Waals surface area contributed by atoms with Crippen molar-refractivity contribution in [1.29, 1.82) is 0 Å². The zero-order chi connectivity index (χ0) is 20.7. The van der Waals surface area contributed by atoms with Crippen LogP contribution in [-0.4, -0.2) is 7.11 Å². The molecule has 29 heavy (non-hydrogen) atoms. The Kier molecular flexibility index (Phi) is 6.61. The van der Waals surface area contributed by atoms with Gasteiger partial charge in [-0.05, 0) is 48.0 Å². The number of alkyl halides is 3. The van der Waals surface area contributed by atoms with E-state index in [2.05, 4.69) is 10.9 Å². The maximum Gasteiger partial charge on any atom is 0.416 e. The van der Waals surface area contributed by atoms with E-state index < -0.39 is 11.7 Å². The van der Waals surface area contributed by atoms with E-state index in [1.165, 1.54) is 19.2 Å². The summed E-state index contributed by atoms with van der Waals surface area (Å²) in [6.45, 7) is 0.625. The maximum absolute atomic E-state index is 12.9. The molecule has 0 spiro atoms. The highest BCUT2D eigenvalue weighted by molar-refractivity contribution is 5.42. The Morgan fingerprint density at radius 2 is 1.69 bits per heavy atom. The number of benzene rings is 3. The van der Waals surface area contributed by atoms with E-state index in [4.69, 9.17) is 9.47 Å². The Balaban J connectivity index is 1.64.